The van der Waals surface area contributed by atoms with Gasteiger partial charge in [-0.15, -0.1) is 0 Å². The van der Waals surface area contributed by atoms with Crippen LogP contribution in [0.15, 0.2) is 91.0 Å². The van der Waals surface area contributed by atoms with Crippen molar-refractivity contribution in [2.24, 2.45) is 0 Å². The molecule has 3 aromatic carbocycles. The largest absolute Gasteiger partial charge is 0.0801 e. The summed E-state index contributed by atoms with van der Waals surface area (Å²) in [6, 6.07) is 26.5. The summed E-state index contributed by atoms with van der Waals surface area (Å²) in [5.74, 6) is 0.323. The first-order valence-electron chi connectivity index (χ1n) is 8.58. The van der Waals surface area contributed by atoms with Gasteiger partial charge in [0.15, 0.2) is 0 Å². The van der Waals surface area contributed by atoms with Crippen molar-refractivity contribution in [2.45, 2.75) is 12.3 Å². The van der Waals surface area contributed by atoms with Crippen LogP contribution in [-0.2, 0) is 0 Å². The number of hydrogen-bond donors (Lipinski definition) is 0. The fraction of sp³-hybridized carbons (Fsp3) is 0.0833. The Kier molecular flexibility index (Phi) is 3.02. The van der Waals surface area contributed by atoms with Gasteiger partial charge < -0.3 is 0 Å². The van der Waals surface area contributed by atoms with Gasteiger partial charge in [-0.25, -0.2) is 0 Å². The van der Waals surface area contributed by atoms with Gasteiger partial charge in [0.05, 0.1) is 0 Å². The zero-order chi connectivity index (χ0) is 15.9. The minimum Gasteiger partial charge on any atom is -0.0801 e. The quantitative estimate of drug-likeness (QED) is 0.414. The molecule has 0 saturated carbocycles. The SMILES string of the molecule is C1=CC(c2cccc3c2C(c2ccccc2)c2ccccc2-3)=CC1. The van der Waals surface area contributed by atoms with E-state index in [1.54, 1.807) is 0 Å². The van der Waals surface area contributed by atoms with Crippen LogP contribution >= 0.6 is 0 Å². The van der Waals surface area contributed by atoms with Crippen LogP contribution in [0.25, 0.3) is 16.7 Å². The zero-order valence-corrected chi connectivity index (χ0v) is 13.4. The van der Waals surface area contributed by atoms with Gasteiger partial charge in [-0.2, -0.15) is 0 Å². The van der Waals surface area contributed by atoms with Crippen molar-refractivity contribution < 1.29 is 0 Å². The van der Waals surface area contributed by atoms with E-state index in [0.717, 1.165) is 6.42 Å². The van der Waals surface area contributed by atoms with Crippen molar-refractivity contribution in [3.05, 3.63) is 113 Å². The zero-order valence-electron chi connectivity index (χ0n) is 13.4. The van der Waals surface area contributed by atoms with Crippen LogP contribution in [0.4, 0.5) is 0 Å². The van der Waals surface area contributed by atoms with E-state index in [1.807, 2.05) is 0 Å². The average molecular weight is 306 g/mol. The normalized spacial score (nSPS) is 17.5. The highest BCUT2D eigenvalue weighted by Gasteiger charge is 2.32. The molecule has 0 nitrogen and oxygen atoms in total. The molecule has 0 N–H and O–H groups in total. The third-order valence-electron chi connectivity index (χ3n) is 5.17. The maximum atomic E-state index is 2.33. The highest BCUT2D eigenvalue weighted by atomic mass is 14.3. The summed E-state index contributed by atoms with van der Waals surface area (Å²) in [4.78, 5) is 0. The van der Waals surface area contributed by atoms with E-state index in [0.29, 0.717) is 5.92 Å². The van der Waals surface area contributed by atoms with E-state index in [2.05, 4.69) is 91.0 Å². The molecule has 1 unspecified atom stereocenters. The first-order valence-corrected chi connectivity index (χ1v) is 8.58. The summed E-state index contributed by atoms with van der Waals surface area (Å²) in [5, 5.41) is 0. The van der Waals surface area contributed by atoms with Crippen LogP contribution < -0.4 is 0 Å². The molecule has 2 aliphatic rings. The Morgan fingerprint density at radius 2 is 1.42 bits per heavy atom. The minimum absolute atomic E-state index is 0.323. The number of hydrogen-bond acceptors (Lipinski definition) is 0. The predicted molar refractivity (Wildman–Crippen MR) is 101 cm³/mol. The van der Waals surface area contributed by atoms with Crippen molar-refractivity contribution in [3.8, 4) is 11.1 Å². The van der Waals surface area contributed by atoms with Crippen LogP contribution in [0.1, 0.15) is 34.6 Å². The summed E-state index contributed by atoms with van der Waals surface area (Å²) in [5.41, 5.74) is 9.77. The maximum Gasteiger partial charge on any atom is 0.0358 e. The Labute approximate surface area is 142 Å². The summed E-state index contributed by atoms with van der Waals surface area (Å²) in [7, 11) is 0. The summed E-state index contributed by atoms with van der Waals surface area (Å²) in [6.45, 7) is 0. The molecule has 2 aliphatic carbocycles. The number of fused-ring (bicyclic) bond motifs is 3. The summed E-state index contributed by atoms with van der Waals surface area (Å²) >= 11 is 0. The van der Waals surface area contributed by atoms with E-state index in [9.17, 15) is 0 Å². The van der Waals surface area contributed by atoms with Crippen molar-refractivity contribution in [1.29, 1.82) is 0 Å². The second kappa shape index (κ2) is 5.35. The molecular formula is C24H18. The Balaban J connectivity index is 1.82. The lowest BCUT2D eigenvalue weighted by atomic mass is 9.85. The monoisotopic (exact) mass is 306 g/mol. The van der Waals surface area contributed by atoms with E-state index >= 15 is 0 Å². The summed E-state index contributed by atoms with van der Waals surface area (Å²) < 4.78 is 0. The third-order valence-corrected chi connectivity index (χ3v) is 5.17. The van der Waals surface area contributed by atoms with Gasteiger partial charge in [0.25, 0.3) is 0 Å². The van der Waals surface area contributed by atoms with Crippen LogP contribution in [0.2, 0.25) is 0 Å². The molecule has 0 aromatic heterocycles. The van der Waals surface area contributed by atoms with Crippen LogP contribution in [0.5, 0.6) is 0 Å². The van der Waals surface area contributed by atoms with Gasteiger partial charge >= 0.3 is 0 Å². The van der Waals surface area contributed by atoms with Crippen LogP contribution in [0, 0.1) is 0 Å². The maximum absolute atomic E-state index is 2.33. The highest BCUT2D eigenvalue weighted by molar-refractivity contribution is 5.89. The highest BCUT2D eigenvalue weighted by Crippen LogP contribution is 2.50. The molecule has 0 radical (unpaired) electrons. The topological polar surface area (TPSA) is 0 Å². The van der Waals surface area contributed by atoms with E-state index in [1.165, 1.54) is 39.0 Å². The lowest BCUT2D eigenvalue weighted by Gasteiger charge is -2.18. The molecular weight excluding hydrogens is 288 g/mol. The molecule has 0 saturated heterocycles. The molecule has 0 fully saturated rings. The number of benzene rings is 3. The molecule has 0 amide bonds. The second-order valence-corrected chi connectivity index (χ2v) is 6.50. The van der Waals surface area contributed by atoms with Crippen LogP contribution in [-0.4, -0.2) is 0 Å². The molecule has 0 heteroatoms. The Morgan fingerprint density at radius 1 is 0.667 bits per heavy atom. The molecule has 3 aromatic rings. The number of allylic oxidation sites excluding steroid dienone is 4. The van der Waals surface area contributed by atoms with E-state index in [4.69, 9.17) is 0 Å². The van der Waals surface area contributed by atoms with Gasteiger partial charge in [0, 0.05) is 5.92 Å². The van der Waals surface area contributed by atoms with Gasteiger partial charge in [0.1, 0.15) is 0 Å². The molecule has 1 atom stereocenters. The molecule has 0 aliphatic heterocycles. The van der Waals surface area contributed by atoms with Crippen LogP contribution in [0.3, 0.4) is 0 Å². The molecule has 0 bridgehead atoms. The molecule has 5 rings (SSSR count). The first-order chi connectivity index (χ1) is 11.9. The standard InChI is InChI=1S/C24H18/c1-2-11-18(12-3-1)23-21-14-7-6-13-20(21)22-16-8-15-19(24(22)23)17-9-4-5-10-17/h1-4,6-16,23H,5H2. The van der Waals surface area contributed by atoms with Gasteiger partial charge in [0.2, 0.25) is 0 Å². The minimum atomic E-state index is 0.323. The number of rotatable bonds is 2. The van der Waals surface area contributed by atoms with E-state index in [-0.39, 0.29) is 0 Å². The Hall–Kier alpha value is -2.86. The molecule has 0 heterocycles. The van der Waals surface area contributed by atoms with Gasteiger partial charge in [-0.1, -0.05) is 91.0 Å². The lowest BCUT2D eigenvalue weighted by Crippen LogP contribution is -2.02. The van der Waals surface area contributed by atoms with Crippen molar-refractivity contribution in [3.63, 3.8) is 0 Å². The predicted octanol–water partition coefficient (Wildman–Crippen LogP) is 6.19. The van der Waals surface area contributed by atoms with Gasteiger partial charge in [-0.05, 0) is 45.4 Å². The molecule has 24 heavy (non-hydrogen) atoms. The molecule has 0 spiro atoms. The Morgan fingerprint density at radius 3 is 2.25 bits per heavy atom. The molecule has 114 valence electrons. The lowest BCUT2D eigenvalue weighted by molar-refractivity contribution is 1.01. The summed E-state index contributed by atoms with van der Waals surface area (Å²) in [6.07, 6.45) is 7.89. The first kappa shape index (κ1) is 13.6. The Bertz CT molecular complexity index is 974. The van der Waals surface area contributed by atoms with Gasteiger partial charge in [-0.3, -0.25) is 0 Å². The second-order valence-electron chi connectivity index (χ2n) is 6.50. The van der Waals surface area contributed by atoms with Crippen molar-refractivity contribution >= 4 is 5.57 Å². The van der Waals surface area contributed by atoms with E-state index < -0.39 is 0 Å². The fourth-order valence-electron chi connectivity index (χ4n) is 4.16. The van der Waals surface area contributed by atoms with Crippen molar-refractivity contribution in [1.82, 2.24) is 0 Å². The average Bonchev–Trinajstić information content (AvgIpc) is 3.28. The van der Waals surface area contributed by atoms with Crippen molar-refractivity contribution in [2.75, 3.05) is 0 Å². The fourth-order valence-corrected chi connectivity index (χ4v) is 4.16. The third kappa shape index (κ3) is 1.93. The smallest absolute Gasteiger partial charge is 0.0358 e.